The molecule has 0 N–H and O–H groups in total. The molecule has 0 aliphatic carbocycles. The minimum Gasteiger partial charge on any atom is -0.456 e. The maximum Gasteiger partial charge on any atom is 0.161 e. The number of rotatable bonds is 4. The van der Waals surface area contributed by atoms with E-state index in [1.54, 1.807) is 11.3 Å². The van der Waals surface area contributed by atoms with Crippen LogP contribution in [-0.4, -0.2) is 14.5 Å². The highest BCUT2D eigenvalue weighted by molar-refractivity contribution is 7.26. The fourth-order valence-electron chi connectivity index (χ4n) is 8.44. The molecule has 8 aromatic carbocycles. The molecule has 0 bridgehead atoms. The Hall–Kier alpha value is -7.08. The average Bonchev–Trinajstić information content (AvgIpc) is 3.92. The van der Waals surface area contributed by atoms with Crippen LogP contribution in [0.15, 0.2) is 180 Å². The lowest BCUT2D eigenvalue weighted by atomic mass is 9.97. The second-order valence-electron chi connectivity index (χ2n) is 14.1. The van der Waals surface area contributed by atoms with E-state index < -0.39 is 0 Å². The number of nitrogens with zero attached hydrogens (tertiary/aromatic N) is 3. The summed E-state index contributed by atoms with van der Waals surface area (Å²) in [6, 6.07) is 62.5. The minimum absolute atomic E-state index is 0.683. The molecule has 0 saturated carbocycles. The summed E-state index contributed by atoms with van der Waals surface area (Å²) in [5, 5.41) is 8.19. The molecule has 0 aliphatic rings. The summed E-state index contributed by atoms with van der Waals surface area (Å²) in [5.74, 6) is 0.683. The van der Waals surface area contributed by atoms with Gasteiger partial charge in [-0.05, 0) is 76.5 Å². The number of para-hydroxylation sites is 2. The molecule has 0 fully saturated rings. The van der Waals surface area contributed by atoms with Gasteiger partial charge in [0, 0.05) is 48.4 Å². The van der Waals surface area contributed by atoms with Gasteiger partial charge in [-0.1, -0.05) is 121 Å². The van der Waals surface area contributed by atoms with Crippen molar-refractivity contribution in [2.75, 3.05) is 0 Å². The van der Waals surface area contributed by atoms with Gasteiger partial charge >= 0.3 is 0 Å². The molecule has 0 saturated heterocycles. The zero-order valence-electron chi connectivity index (χ0n) is 29.4. The van der Waals surface area contributed by atoms with E-state index in [0.29, 0.717) is 5.82 Å². The molecule has 0 unspecified atom stereocenters. The highest BCUT2D eigenvalue weighted by Crippen LogP contribution is 2.43. The zero-order chi connectivity index (χ0) is 36.0. The maximum atomic E-state index is 6.59. The van der Waals surface area contributed by atoms with Crippen molar-refractivity contribution in [3.63, 3.8) is 0 Å². The normalized spacial score (nSPS) is 12.0. The number of aromatic nitrogens is 3. The molecule has 4 nitrogen and oxygen atoms in total. The Morgan fingerprint density at radius 2 is 1.18 bits per heavy atom. The van der Waals surface area contributed by atoms with Gasteiger partial charge < -0.3 is 8.98 Å². The van der Waals surface area contributed by atoms with Crippen LogP contribution >= 0.6 is 11.3 Å². The van der Waals surface area contributed by atoms with E-state index in [4.69, 9.17) is 14.4 Å². The second-order valence-corrected chi connectivity index (χ2v) is 15.2. The van der Waals surface area contributed by atoms with E-state index in [9.17, 15) is 0 Å². The van der Waals surface area contributed by atoms with Crippen LogP contribution in [0.1, 0.15) is 0 Å². The Balaban J connectivity index is 1.08. The SMILES string of the molecule is c1ccc(-c2nc(-c3cc(-c4ccc(-n5c6ccccc6c6cc7ccccc7cc65)cc4)cc4oc5ccccc5c34)nc3c2sc2ccccc23)cc1. The quantitative estimate of drug-likeness (QED) is 0.182. The summed E-state index contributed by atoms with van der Waals surface area (Å²) in [6.45, 7) is 0. The highest BCUT2D eigenvalue weighted by Gasteiger charge is 2.21. The summed E-state index contributed by atoms with van der Waals surface area (Å²) < 4.78 is 11.3. The lowest BCUT2D eigenvalue weighted by Gasteiger charge is -2.12. The van der Waals surface area contributed by atoms with E-state index in [1.165, 1.54) is 37.3 Å². The summed E-state index contributed by atoms with van der Waals surface area (Å²) >= 11 is 1.75. The number of fused-ring (bicyclic) bond motifs is 10. The second kappa shape index (κ2) is 11.7. The Bertz CT molecular complexity index is 3480. The number of thiophene rings is 1. The van der Waals surface area contributed by atoms with Gasteiger partial charge in [-0.25, -0.2) is 9.97 Å². The average molecular weight is 720 g/mol. The van der Waals surface area contributed by atoms with Gasteiger partial charge in [0.25, 0.3) is 0 Å². The van der Waals surface area contributed by atoms with Crippen LogP contribution in [0.2, 0.25) is 0 Å². The van der Waals surface area contributed by atoms with E-state index in [-0.39, 0.29) is 0 Å². The fraction of sp³-hybridized carbons (Fsp3) is 0. The third-order valence-corrected chi connectivity index (χ3v) is 12.2. The molecule has 0 radical (unpaired) electrons. The number of benzene rings is 8. The largest absolute Gasteiger partial charge is 0.456 e. The first kappa shape index (κ1) is 30.4. The molecule has 5 heteroatoms. The molecular formula is C50H29N3OS. The standard InChI is InChI=1S/C50H29N3OS/c1-2-12-31(13-3-1)47-49-48(38-18-8-11-21-45(38)55-49)52-50(51-47)40-27-34(29-44-46(40)37-17-7-10-20-43(37)54-44)30-22-24-35(25-23-30)53-41-19-9-6-16-36(41)39-26-32-14-4-5-15-33(32)28-42(39)53/h1-29H. The van der Waals surface area contributed by atoms with Crippen LogP contribution in [0.3, 0.4) is 0 Å². The van der Waals surface area contributed by atoms with Crippen LogP contribution in [0, 0.1) is 0 Å². The van der Waals surface area contributed by atoms with Crippen LogP contribution in [-0.2, 0) is 0 Å². The predicted octanol–water partition coefficient (Wildman–Crippen LogP) is 14.0. The van der Waals surface area contributed by atoms with E-state index in [1.807, 2.05) is 18.2 Å². The van der Waals surface area contributed by atoms with Crippen molar-refractivity contribution in [3.8, 4) is 39.5 Å². The molecule has 55 heavy (non-hydrogen) atoms. The molecule has 256 valence electrons. The Morgan fingerprint density at radius 3 is 2.04 bits per heavy atom. The van der Waals surface area contributed by atoms with Gasteiger partial charge in [0.2, 0.25) is 0 Å². The molecule has 0 aliphatic heterocycles. The van der Waals surface area contributed by atoms with Gasteiger partial charge in [-0.15, -0.1) is 11.3 Å². The molecule has 0 amide bonds. The topological polar surface area (TPSA) is 43.9 Å². The molecule has 4 aromatic heterocycles. The first-order valence-corrected chi connectivity index (χ1v) is 19.3. The van der Waals surface area contributed by atoms with Crippen LogP contribution in [0.4, 0.5) is 0 Å². The molecule has 12 aromatic rings. The number of hydrogen-bond acceptors (Lipinski definition) is 4. The minimum atomic E-state index is 0.683. The maximum absolute atomic E-state index is 6.59. The van der Waals surface area contributed by atoms with E-state index in [0.717, 1.165) is 71.2 Å². The third-order valence-electron chi connectivity index (χ3n) is 11.0. The van der Waals surface area contributed by atoms with Crippen LogP contribution < -0.4 is 0 Å². The third kappa shape index (κ3) is 4.64. The Morgan fingerprint density at radius 1 is 0.473 bits per heavy atom. The number of furan rings is 1. The van der Waals surface area contributed by atoms with E-state index in [2.05, 4.69) is 162 Å². The highest BCUT2D eigenvalue weighted by atomic mass is 32.1. The van der Waals surface area contributed by atoms with Crippen LogP contribution in [0.5, 0.6) is 0 Å². The monoisotopic (exact) mass is 719 g/mol. The fourth-order valence-corrected chi connectivity index (χ4v) is 9.59. The van der Waals surface area contributed by atoms with Gasteiger partial charge in [0.1, 0.15) is 11.2 Å². The lowest BCUT2D eigenvalue weighted by molar-refractivity contribution is 0.669. The predicted molar refractivity (Wildman–Crippen MR) is 230 cm³/mol. The van der Waals surface area contributed by atoms with Crippen molar-refractivity contribution in [1.29, 1.82) is 0 Å². The van der Waals surface area contributed by atoms with Gasteiger partial charge in [-0.2, -0.15) is 0 Å². The number of hydrogen-bond donors (Lipinski definition) is 0. The zero-order valence-corrected chi connectivity index (χ0v) is 30.2. The molecule has 0 atom stereocenters. The molecule has 12 rings (SSSR count). The van der Waals surface area contributed by atoms with Crippen molar-refractivity contribution in [2.45, 2.75) is 0 Å². The van der Waals surface area contributed by atoms with Crippen LogP contribution in [0.25, 0.3) is 114 Å². The van der Waals surface area contributed by atoms with Gasteiger partial charge in [0.05, 0.1) is 26.9 Å². The van der Waals surface area contributed by atoms with Crippen molar-refractivity contribution in [2.24, 2.45) is 0 Å². The Labute approximate surface area is 319 Å². The molecular weight excluding hydrogens is 691 g/mol. The van der Waals surface area contributed by atoms with Crippen molar-refractivity contribution >= 4 is 86.2 Å². The smallest absolute Gasteiger partial charge is 0.161 e. The summed E-state index contributed by atoms with van der Waals surface area (Å²) in [4.78, 5) is 10.8. The molecule has 4 heterocycles. The first-order valence-electron chi connectivity index (χ1n) is 18.5. The summed E-state index contributed by atoms with van der Waals surface area (Å²) in [6.07, 6.45) is 0. The Kier molecular flexibility index (Phi) is 6.47. The van der Waals surface area contributed by atoms with Crippen molar-refractivity contribution in [3.05, 3.63) is 176 Å². The van der Waals surface area contributed by atoms with Gasteiger partial charge in [-0.3, -0.25) is 0 Å². The lowest BCUT2D eigenvalue weighted by Crippen LogP contribution is -1.95. The van der Waals surface area contributed by atoms with E-state index >= 15 is 0 Å². The summed E-state index contributed by atoms with van der Waals surface area (Å²) in [7, 11) is 0. The summed E-state index contributed by atoms with van der Waals surface area (Å²) in [5.41, 5.74) is 11.2. The van der Waals surface area contributed by atoms with Crippen molar-refractivity contribution in [1.82, 2.24) is 14.5 Å². The van der Waals surface area contributed by atoms with Crippen molar-refractivity contribution < 1.29 is 4.42 Å². The first-order chi connectivity index (χ1) is 27.2. The van der Waals surface area contributed by atoms with Gasteiger partial charge in [0.15, 0.2) is 5.82 Å². The molecule has 0 spiro atoms.